The fraction of sp³-hybridized carbons (Fsp3) is 0.500. The summed E-state index contributed by atoms with van der Waals surface area (Å²) in [6, 6.07) is 7.05. The van der Waals surface area contributed by atoms with Gasteiger partial charge in [0.15, 0.2) is 0 Å². The van der Waals surface area contributed by atoms with Gasteiger partial charge in [0.2, 0.25) is 0 Å². The molecule has 0 spiro atoms. The first kappa shape index (κ1) is 11.8. The van der Waals surface area contributed by atoms with Crippen molar-refractivity contribution in [3.8, 4) is 0 Å². The van der Waals surface area contributed by atoms with E-state index >= 15 is 0 Å². The minimum Gasteiger partial charge on any atom is -0.314 e. The Morgan fingerprint density at radius 2 is 2.12 bits per heavy atom. The number of nitrogens with one attached hydrogen (secondary N) is 1. The lowest BCUT2D eigenvalue weighted by molar-refractivity contribution is 0.175. The van der Waals surface area contributed by atoms with Crippen molar-refractivity contribution in [1.82, 2.24) is 10.2 Å². The molecule has 1 aromatic carbocycles. The molecular weight excluding hydrogens is 227 g/mol. The van der Waals surface area contributed by atoms with Gasteiger partial charge < -0.3 is 5.32 Å². The topological polar surface area (TPSA) is 15.3 Å². The predicted octanol–water partition coefficient (Wildman–Crippen LogP) is 2.26. The second-order valence-electron chi connectivity index (χ2n) is 4.07. The van der Waals surface area contributed by atoms with E-state index in [1.54, 1.807) is 24.3 Å². The summed E-state index contributed by atoms with van der Waals surface area (Å²) in [5, 5.41) is 3.85. The summed E-state index contributed by atoms with van der Waals surface area (Å²) in [5.41, 5.74) is 0.672. The Labute approximate surface area is 100 Å². The van der Waals surface area contributed by atoms with Gasteiger partial charge in [0, 0.05) is 37.7 Å². The van der Waals surface area contributed by atoms with Gasteiger partial charge in [-0.05, 0) is 17.7 Å². The van der Waals surface area contributed by atoms with E-state index < -0.39 is 6.17 Å². The van der Waals surface area contributed by atoms with Crippen LogP contribution in [0.3, 0.4) is 0 Å². The van der Waals surface area contributed by atoms with E-state index in [9.17, 15) is 4.39 Å². The van der Waals surface area contributed by atoms with Crippen LogP contribution in [0.15, 0.2) is 24.3 Å². The van der Waals surface area contributed by atoms with Crippen LogP contribution in [0.25, 0.3) is 0 Å². The molecule has 16 heavy (non-hydrogen) atoms. The molecular formula is C12H16ClFN2. The first-order valence-electron chi connectivity index (χ1n) is 5.58. The van der Waals surface area contributed by atoms with E-state index in [0.717, 1.165) is 26.2 Å². The standard InChI is InChI=1S/C12H16ClFN2/c13-11-3-1-2-10(8-11)12(14)9-16-6-4-15-5-7-16/h1-3,8,12,15H,4-7,9H2/t12-/m1/s1. The molecule has 88 valence electrons. The molecule has 0 amide bonds. The highest BCUT2D eigenvalue weighted by molar-refractivity contribution is 6.30. The highest BCUT2D eigenvalue weighted by atomic mass is 35.5. The quantitative estimate of drug-likeness (QED) is 0.875. The van der Waals surface area contributed by atoms with Crippen molar-refractivity contribution in [1.29, 1.82) is 0 Å². The second kappa shape index (κ2) is 5.62. The summed E-state index contributed by atoms with van der Waals surface area (Å²) < 4.78 is 14.0. The van der Waals surface area contributed by atoms with Gasteiger partial charge in [-0.25, -0.2) is 4.39 Å². The number of hydrogen-bond donors (Lipinski definition) is 1. The van der Waals surface area contributed by atoms with Gasteiger partial charge in [0.25, 0.3) is 0 Å². The lowest BCUT2D eigenvalue weighted by Gasteiger charge is -2.28. The van der Waals surface area contributed by atoms with E-state index in [2.05, 4.69) is 10.2 Å². The lowest BCUT2D eigenvalue weighted by Crippen LogP contribution is -2.44. The van der Waals surface area contributed by atoms with Crippen LogP contribution >= 0.6 is 11.6 Å². The number of hydrogen-bond acceptors (Lipinski definition) is 2. The third kappa shape index (κ3) is 3.17. The Morgan fingerprint density at radius 3 is 2.81 bits per heavy atom. The third-order valence-corrected chi connectivity index (χ3v) is 3.07. The molecule has 0 saturated carbocycles. The van der Waals surface area contributed by atoms with Crippen molar-refractivity contribution in [2.45, 2.75) is 6.17 Å². The average molecular weight is 243 g/mol. The Bertz CT molecular complexity index is 340. The minimum absolute atomic E-state index is 0.460. The van der Waals surface area contributed by atoms with Crippen LogP contribution in [0.2, 0.25) is 5.02 Å². The summed E-state index contributed by atoms with van der Waals surface area (Å²) in [4.78, 5) is 2.14. The summed E-state index contributed by atoms with van der Waals surface area (Å²) >= 11 is 5.84. The molecule has 1 aromatic rings. The molecule has 2 nitrogen and oxygen atoms in total. The summed E-state index contributed by atoms with van der Waals surface area (Å²) in [7, 11) is 0. The lowest BCUT2D eigenvalue weighted by atomic mass is 10.1. The van der Waals surface area contributed by atoms with Crippen molar-refractivity contribution in [3.63, 3.8) is 0 Å². The molecule has 1 fully saturated rings. The van der Waals surface area contributed by atoms with Crippen molar-refractivity contribution in [2.24, 2.45) is 0 Å². The van der Waals surface area contributed by atoms with E-state index in [0.29, 0.717) is 17.1 Å². The fourth-order valence-electron chi connectivity index (χ4n) is 1.93. The number of halogens is 2. The number of rotatable bonds is 3. The maximum Gasteiger partial charge on any atom is 0.138 e. The molecule has 1 heterocycles. The largest absolute Gasteiger partial charge is 0.314 e. The SMILES string of the molecule is F[C@H](CN1CCNCC1)c1cccc(Cl)c1. The van der Waals surface area contributed by atoms with Crippen LogP contribution in [0.4, 0.5) is 4.39 Å². The van der Waals surface area contributed by atoms with Crippen molar-refractivity contribution in [3.05, 3.63) is 34.9 Å². The Hall–Kier alpha value is -0.640. The normalized spacial score (nSPS) is 19.6. The molecule has 0 radical (unpaired) electrons. The van der Waals surface area contributed by atoms with Crippen LogP contribution in [0.1, 0.15) is 11.7 Å². The van der Waals surface area contributed by atoms with Gasteiger partial charge in [-0.2, -0.15) is 0 Å². The molecule has 0 aliphatic carbocycles. The number of benzene rings is 1. The van der Waals surface area contributed by atoms with E-state index in [-0.39, 0.29) is 0 Å². The van der Waals surface area contributed by atoms with Gasteiger partial charge in [0.05, 0.1) is 0 Å². The summed E-state index contributed by atoms with van der Waals surface area (Å²) in [6.45, 7) is 4.19. The van der Waals surface area contributed by atoms with E-state index in [1.165, 1.54) is 0 Å². The fourth-order valence-corrected chi connectivity index (χ4v) is 2.13. The molecule has 0 bridgehead atoms. The van der Waals surface area contributed by atoms with Crippen LogP contribution in [0, 0.1) is 0 Å². The molecule has 1 atom stereocenters. The Balaban J connectivity index is 1.94. The maximum atomic E-state index is 14.0. The summed E-state index contributed by atoms with van der Waals surface area (Å²) in [6.07, 6.45) is -0.947. The maximum absolute atomic E-state index is 14.0. The Kier molecular flexibility index (Phi) is 4.16. The number of piperazine rings is 1. The van der Waals surface area contributed by atoms with Crippen LogP contribution in [-0.2, 0) is 0 Å². The molecule has 0 unspecified atom stereocenters. The van der Waals surface area contributed by atoms with Gasteiger partial charge in [-0.3, -0.25) is 4.90 Å². The molecule has 2 rings (SSSR count). The van der Waals surface area contributed by atoms with Gasteiger partial charge >= 0.3 is 0 Å². The number of nitrogens with zero attached hydrogens (tertiary/aromatic N) is 1. The molecule has 4 heteroatoms. The molecule has 1 aliphatic rings. The van der Waals surface area contributed by atoms with Crippen molar-refractivity contribution >= 4 is 11.6 Å². The van der Waals surface area contributed by atoms with Gasteiger partial charge in [0.1, 0.15) is 6.17 Å². The first-order valence-corrected chi connectivity index (χ1v) is 5.96. The van der Waals surface area contributed by atoms with Crippen molar-refractivity contribution < 1.29 is 4.39 Å². The van der Waals surface area contributed by atoms with E-state index in [4.69, 9.17) is 11.6 Å². The zero-order valence-electron chi connectivity index (χ0n) is 9.13. The molecule has 0 aromatic heterocycles. The number of alkyl halides is 1. The van der Waals surface area contributed by atoms with Gasteiger partial charge in [-0.1, -0.05) is 23.7 Å². The van der Waals surface area contributed by atoms with E-state index in [1.807, 2.05) is 0 Å². The molecule has 1 saturated heterocycles. The van der Waals surface area contributed by atoms with Crippen LogP contribution in [0.5, 0.6) is 0 Å². The smallest absolute Gasteiger partial charge is 0.138 e. The van der Waals surface area contributed by atoms with Crippen LogP contribution < -0.4 is 5.32 Å². The molecule has 1 aliphatic heterocycles. The van der Waals surface area contributed by atoms with Gasteiger partial charge in [-0.15, -0.1) is 0 Å². The summed E-state index contributed by atoms with van der Waals surface area (Å²) in [5.74, 6) is 0. The average Bonchev–Trinajstić information content (AvgIpc) is 2.30. The monoisotopic (exact) mass is 242 g/mol. The zero-order valence-corrected chi connectivity index (χ0v) is 9.88. The first-order chi connectivity index (χ1) is 7.75. The highest BCUT2D eigenvalue weighted by Crippen LogP contribution is 2.21. The molecule has 1 N–H and O–H groups in total. The van der Waals surface area contributed by atoms with Crippen molar-refractivity contribution in [2.75, 3.05) is 32.7 Å². The second-order valence-corrected chi connectivity index (χ2v) is 4.51. The third-order valence-electron chi connectivity index (χ3n) is 2.84. The zero-order chi connectivity index (χ0) is 11.4. The highest BCUT2D eigenvalue weighted by Gasteiger charge is 2.17. The van der Waals surface area contributed by atoms with Crippen LogP contribution in [-0.4, -0.2) is 37.6 Å². The minimum atomic E-state index is -0.947. The Morgan fingerprint density at radius 1 is 1.38 bits per heavy atom. The predicted molar refractivity (Wildman–Crippen MR) is 64.6 cm³/mol.